The van der Waals surface area contributed by atoms with E-state index in [0.717, 1.165) is 0 Å². The van der Waals surface area contributed by atoms with Crippen LogP contribution in [0.4, 0.5) is 15.8 Å². The average molecular weight is 426 g/mol. The molecule has 8 heteroatoms. The molecule has 3 aromatic rings. The molecule has 1 heterocycles. The van der Waals surface area contributed by atoms with E-state index >= 15 is 0 Å². The quantitative estimate of drug-likeness (QED) is 0.650. The van der Waals surface area contributed by atoms with Crippen molar-refractivity contribution in [2.75, 3.05) is 16.2 Å². The highest BCUT2D eigenvalue weighted by Gasteiger charge is 2.27. The van der Waals surface area contributed by atoms with Crippen LogP contribution in [0.1, 0.15) is 22.8 Å². The molecule has 0 aliphatic carbocycles. The maximum absolute atomic E-state index is 13.8. The highest BCUT2D eigenvalue weighted by Crippen LogP contribution is 2.39. The summed E-state index contributed by atoms with van der Waals surface area (Å²) in [6.07, 6.45) is 0. The van der Waals surface area contributed by atoms with Gasteiger partial charge in [0.25, 0.3) is 5.91 Å². The van der Waals surface area contributed by atoms with Crippen molar-refractivity contribution in [1.82, 2.24) is 0 Å². The number of halogens is 1. The Kier molecular flexibility index (Phi) is 5.17. The minimum atomic E-state index is -3.89. The van der Waals surface area contributed by atoms with E-state index in [-0.39, 0.29) is 22.7 Å². The van der Waals surface area contributed by atoms with Crippen LogP contribution in [0.2, 0.25) is 0 Å². The molecule has 0 saturated heterocycles. The summed E-state index contributed by atoms with van der Waals surface area (Å²) in [4.78, 5) is 14.7. The number of carbonyl (C=O) groups excluding carboxylic acids is 1. The van der Waals surface area contributed by atoms with Crippen LogP contribution in [0.25, 0.3) is 0 Å². The third-order valence-corrected chi connectivity index (χ3v) is 5.96. The van der Waals surface area contributed by atoms with E-state index in [1.165, 1.54) is 30.3 Å². The van der Waals surface area contributed by atoms with Gasteiger partial charge in [-0.05, 0) is 43.3 Å². The molecule has 1 N–H and O–H groups in total. The molecular weight excluding hydrogens is 407 g/mol. The lowest BCUT2D eigenvalue weighted by atomic mass is 10.1. The lowest BCUT2D eigenvalue weighted by Gasteiger charge is -2.20. The molecule has 1 aliphatic rings. The highest BCUT2D eigenvalue weighted by molar-refractivity contribution is 7.91. The Bertz CT molecular complexity index is 1230. The minimum absolute atomic E-state index is 0.0618. The summed E-state index contributed by atoms with van der Waals surface area (Å²) in [5.41, 5.74) is 1.14. The number of benzene rings is 3. The predicted octanol–water partition coefficient (Wildman–Crippen LogP) is 4.54. The van der Waals surface area contributed by atoms with E-state index in [2.05, 4.69) is 4.72 Å². The second-order valence-electron chi connectivity index (χ2n) is 6.78. The predicted molar refractivity (Wildman–Crippen MR) is 113 cm³/mol. The number of nitrogens with one attached hydrogen (secondary N) is 1. The van der Waals surface area contributed by atoms with Gasteiger partial charge in [0.1, 0.15) is 11.6 Å². The Hall–Kier alpha value is -3.39. The zero-order valence-electron chi connectivity index (χ0n) is 16.1. The Morgan fingerprint density at radius 1 is 1.00 bits per heavy atom. The number of anilines is 2. The molecule has 0 aromatic heterocycles. The fourth-order valence-electron chi connectivity index (χ4n) is 3.34. The van der Waals surface area contributed by atoms with Crippen LogP contribution in [0.15, 0.2) is 66.7 Å². The Morgan fingerprint density at radius 3 is 2.50 bits per heavy atom. The van der Waals surface area contributed by atoms with Gasteiger partial charge in [0.15, 0.2) is 5.75 Å². The van der Waals surface area contributed by atoms with Crippen molar-refractivity contribution < 1.29 is 22.3 Å². The highest BCUT2D eigenvalue weighted by atomic mass is 32.2. The molecule has 154 valence electrons. The summed E-state index contributed by atoms with van der Waals surface area (Å²) < 4.78 is 47.2. The number of hydrogen-bond donors (Lipinski definition) is 1. The van der Waals surface area contributed by atoms with Crippen molar-refractivity contribution in [3.63, 3.8) is 0 Å². The molecule has 0 atom stereocenters. The Balaban J connectivity index is 1.65. The van der Waals surface area contributed by atoms with Crippen LogP contribution < -0.4 is 14.4 Å². The molecule has 1 aliphatic heterocycles. The smallest absolute Gasteiger partial charge is 0.262 e. The summed E-state index contributed by atoms with van der Waals surface area (Å²) in [5.74, 6) is -0.537. The summed E-state index contributed by atoms with van der Waals surface area (Å²) >= 11 is 0. The third kappa shape index (κ3) is 3.86. The zero-order valence-corrected chi connectivity index (χ0v) is 16.9. The number of nitrogens with zero attached hydrogens (tertiary/aromatic N) is 1. The Labute approximate surface area is 174 Å². The first kappa shape index (κ1) is 19.9. The molecule has 0 radical (unpaired) electrons. The Morgan fingerprint density at radius 2 is 1.73 bits per heavy atom. The monoisotopic (exact) mass is 426 g/mol. The second kappa shape index (κ2) is 7.79. The van der Waals surface area contributed by atoms with Crippen molar-refractivity contribution in [3.05, 3.63) is 83.7 Å². The number of rotatable bonds is 5. The number of amides is 1. The summed E-state index contributed by atoms with van der Waals surface area (Å²) in [6.45, 7) is 2.27. The minimum Gasteiger partial charge on any atom is -0.454 e. The molecule has 4 rings (SSSR count). The molecule has 6 nitrogen and oxygen atoms in total. The van der Waals surface area contributed by atoms with Gasteiger partial charge in [0.05, 0.1) is 17.0 Å². The topological polar surface area (TPSA) is 75.7 Å². The number of hydrogen-bond acceptors (Lipinski definition) is 4. The first-order chi connectivity index (χ1) is 14.4. The van der Waals surface area contributed by atoms with Crippen LogP contribution in [0.3, 0.4) is 0 Å². The molecular formula is C22H19FN2O4S. The van der Waals surface area contributed by atoms with Crippen molar-refractivity contribution in [1.29, 1.82) is 0 Å². The van der Waals surface area contributed by atoms with Crippen molar-refractivity contribution >= 4 is 27.3 Å². The van der Waals surface area contributed by atoms with Crippen LogP contribution in [-0.4, -0.2) is 20.9 Å². The van der Waals surface area contributed by atoms with E-state index < -0.39 is 21.6 Å². The van der Waals surface area contributed by atoms with Crippen molar-refractivity contribution in [2.24, 2.45) is 0 Å². The van der Waals surface area contributed by atoms with Gasteiger partial charge in [-0.3, -0.25) is 9.52 Å². The SMILES string of the molecule is CCN1C(=O)c2cc(NS(=O)(=O)Cc3ccccc3F)ccc2Oc2ccccc21. The van der Waals surface area contributed by atoms with E-state index in [0.29, 0.717) is 23.7 Å². The van der Waals surface area contributed by atoms with Crippen molar-refractivity contribution in [3.8, 4) is 11.5 Å². The van der Waals surface area contributed by atoms with E-state index in [1.807, 2.05) is 19.1 Å². The van der Waals surface area contributed by atoms with E-state index in [9.17, 15) is 17.6 Å². The first-order valence-corrected chi connectivity index (χ1v) is 11.0. The second-order valence-corrected chi connectivity index (χ2v) is 8.50. The number of ether oxygens (including phenoxy) is 1. The normalized spacial score (nSPS) is 13.1. The first-order valence-electron chi connectivity index (χ1n) is 9.34. The molecule has 0 unspecified atom stereocenters. The summed E-state index contributed by atoms with van der Waals surface area (Å²) in [6, 6.07) is 17.4. The van der Waals surface area contributed by atoms with Crippen LogP contribution in [0.5, 0.6) is 11.5 Å². The van der Waals surface area contributed by atoms with Crippen LogP contribution in [-0.2, 0) is 15.8 Å². The van der Waals surface area contributed by atoms with E-state index in [1.54, 1.807) is 29.2 Å². The van der Waals surface area contributed by atoms with Gasteiger partial charge in [-0.15, -0.1) is 0 Å². The average Bonchev–Trinajstić information content (AvgIpc) is 2.83. The van der Waals surface area contributed by atoms with Gasteiger partial charge in [-0.2, -0.15) is 0 Å². The standard InChI is InChI=1S/C22H19FN2O4S/c1-2-25-19-9-5-6-10-21(19)29-20-12-11-16(13-17(20)22(25)26)24-30(27,28)14-15-7-3-4-8-18(15)23/h3-13,24H,2,14H2,1H3. The van der Waals surface area contributed by atoms with Crippen LogP contribution in [0, 0.1) is 5.82 Å². The lowest BCUT2D eigenvalue weighted by molar-refractivity contribution is 0.0988. The summed E-state index contributed by atoms with van der Waals surface area (Å²) in [5, 5.41) is 0. The van der Waals surface area contributed by atoms with E-state index in [4.69, 9.17) is 4.74 Å². The number of carbonyl (C=O) groups is 1. The molecule has 0 saturated carbocycles. The number of fused-ring (bicyclic) bond motifs is 2. The molecule has 1 amide bonds. The number of sulfonamides is 1. The molecule has 0 fully saturated rings. The van der Waals surface area contributed by atoms with Gasteiger partial charge < -0.3 is 9.64 Å². The largest absolute Gasteiger partial charge is 0.454 e. The van der Waals surface area contributed by atoms with Gasteiger partial charge in [0, 0.05) is 17.8 Å². The van der Waals surface area contributed by atoms with Gasteiger partial charge in [-0.25, -0.2) is 12.8 Å². The van der Waals surface area contributed by atoms with Crippen LogP contribution >= 0.6 is 0 Å². The van der Waals surface area contributed by atoms with Gasteiger partial charge in [0.2, 0.25) is 10.0 Å². The zero-order chi connectivity index (χ0) is 21.3. The summed E-state index contributed by atoms with van der Waals surface area (Å²) in [7, 11) is -3.89. The fraction of sp³-hybridized carbons (Fsp3) is 0.136. The molecule has 0 bridgehead atoms. The molecule has 0 spiro atoms. The maximum Gasteiger partial charge on any atom is 0.262 e. The lowest BCUT2D eigenvalue weighted by Crippen LogP contribution is -2.29. The van der Waals surface area contributed by atoms with Crippen molar-refractivity contribution in [2.45, 2.75) is 12.7 Å². The number of para-hydroxylation sites is 2. The molecule has 3 aromatic carbocycles. The fourth-order valence-corrected chi connectivity index (χ4v) is 4.54. The molecule has 30 heavy (non-hydrogen) atoms. The third-order valence-electron chi connectivity index (χ3n) is 4.72. The van der Waals surface area contributed by atoms with Gasteiger partial charge >= 0.3 is 0 Å². The van der Waals surface area contributed by atoms with Gasteiger partial charge in [-0.1, -0.05) is 30.3 Å². The maximum atomic E-state index is 13.8.